The molecule has 5 rings (SSSR count). The van der Waals surface area contributed by atoms with Gasteiger partial charge in [0.05, 0.1) is 18.6 Å². The van der Waals surface area contributed by atoms with Crippen molar-refractivity contribution in [1.82, 2.24) is 0 Å². The lowest BCUT2D eigenvalue weighted by molar-refractivity contribution is -0.196. The summed E-state index contributed by atoms with van der Waals surface area (Å²) in [5.74, 6) is 3.65. The van der Waals surface area contributed by atoms with Crippen LogP contribution in [0.15, 0.2) is 0 Å². The Labute approximate surface area is 161 Å². The molecule has 0 amide bonds. The van der Waals surface area contributed by atoms with Crippen LogP contribution in [0.5, 0.6) is 0 Å². The van der Waals surface area contributed by atoms with E-state index in [1.165, 1.54) is 32.1 Å². The van der Waals surface area contributed by atoms with Gasteiger partial charge in [-0.15, -0.1) is 0 Å². The average Bonchev–Trinajstić information content (AvgIpc) is 3.41. The van der Waals surface area contributed by atoms with Crippen LogP contribution in [0.1, 0.15) is 71.6 Å². The van der Waals surface area contributed by atoms with E-state index in [9.17, 15) is 13.2 Å². The Morgan fingerprint density at radius 2 is 1.67 bits per heavy atom. The summed E-state index contributed by atoms with van der Waals surface area (Å²) in [6.07, 6.45) is 5.65. The maximum atomic E-state index is 13.2. The molecule has 154 valence electrons. The molecule has 0 aromatic rings. The quantitative estimate of drug-likeness (QED) is 0.497. The van der Waals surface area contributed by atoms with Gasteiger partial charge in [0.1, 0.15) is 0 Å². The Morgan fingerprint density at radius 3 is 2.37 bits per heavy atom. The number of epoxide rings is 1. The van der Waals surface area contributed by atoms with Gasteiger partial charge in [0.25, 0.3) is 0 Å². The summed E-state index contributed by atoms with van der Waals surface area (Å²) >= 11 is 0. The van der Waals surface area contributed by atoms with Gasteiger partial charge in [-0.05, 0) is 105 Å². The molecule has 1 nitrogen and oxygen atoms in total. The van der Waals surface area contributed by atoms with Crippen LogP contribution in [-0.4, -0.2) is 18.9 Å². The molecular formula is C23H35F3O. The zero-order chi connectivity index (χ0) is 19.0. The van der Waals surface area contributed by atoms with Crippen LogP contribution >= 0.6 is 0 Å². The highest BCUT2D eigenvalue weighted by atomic mass is 19.4. The second-order valence-corrected chi connectivity index (χ2v) is 10.9. The maximum Gasteiger partial charge on any atom is 0.391 e. The van der Waals surface area contributed by atoms with Crippen molar-refractivity contribution in [2.24, 2.45) is 52.8 Å². The Morgan fingerprint density at radius 1 is 0.926 bits per heavy atom. The van der Waals surface area contributed by atoms with Crippen LogP contribution < -0.4 is 0 Å². The Hall–Kier alpha value is -0.250. The van der Waals surface area contributed by atoms with Crippen molar-refractivity contribution in [1.29, 1.82) is 0 Å². The highest BCUT2D eigenvalue weighted by Gasteiger charge is 2.59. The Kier molecular flexibility index (Phi) is 4.43. The van der Waals surface area contributed by atoms with E-state index in [-0.39, 0.29) is 0 Å². The molecule has 8 unspecified atom stereocenters. The Balaban J connectivity index is 1.31. The van der Waals surface area contributed by atoms with Gasteiger partial charge in [-0.1, -0.05) is 13.8 Å². The molecule has 5 aliphatic rings. The van der Waals surface area contributed by atoms with Crippen molar-refractivity contribution in [3.63, 3.8) is 0 Å². The fourth-order valence-corrected chi connectivity index (χ4v) is 8.67. The van der Waals surface area contributed by atoms with E-state index in [2.05, 4.69) is 13.8 Å². The molecule has 4 heteroatoms. The SMILES string of the molecule is C[C@H](C1CO1)C1CCC2C3CCC4C[C@@H](C(F)(F)F)CCC4C3CCC21C. The molecule has 0 radical (unpaired) electrons. The minimum Gasteiger partial charge on any atom is -0.373 e. The smallest absolute Gasteiger partial charge is 0.373 e. The molecule has 0 N–H and O–H groups in total. The molecule has 27 heavy (non-hydrogen) atoms. The summed E-state index contributed by atoms with van der Waals surface area (Å²) in [5, 5.41) is 0. The number of hydrogen-bond donors (Lipinski definition) is 0. The molecular weight excluding hydrogens is 349 g/mol. The van der Waals surface area contributed by atoms with Gasteiger partial charge in [-0.25, -0.2) is 0 Å². The standard InChI is InChI=1S/C23H35F3O/c1-13(21-12-27-21)19-7-8-20-18-5-3-14-11-15(23(24,25)26)4-6-16(14)17(18)9-10-22(19,20)2/h13-21H,3-12H2,1-2H3/t13-,14?,15-,16?,17?,18?,19?,20?,21?,22?/m0/s1. The first-order valence-corrected chi connectivity index (χ1v) is 11.5. The summed E-state index contributed by atoms with van der Waals surface area (Å²) in [7, 11) is 0. The predicted octanol–water partition coefficient (Wildman–Crippen LogP) is 6.47. The van der Waals surface area contributed by atoms with Crippen molar-refractivity contribution in [2.45, 2.75) is 83.9 Å². The molecule has 0 spiro atoms. The maximum absolute atomic E-state index is 13.2. The normalized spacial score (nSPS) is 53.2. The summed E-state index contributed by atoms with van der Waals surface area (Å²) in [5.41, 5.74) is 0.447. The van der Waals surface area contributed by atoms with Crippen LogP contribution in [0, 0.1) is 52.8 Å². The fraction of sp³-hybridized carbons (Fsp3) is 1.00. The number of fused-ring (bicyclic) bond motifs is 5. The van der Waals surface area contributed by atoms with Gasteiger partial charge in [0.2, 0.25) is 0 Å². The molecule has 0 aromatic carbocycles. The first-order chi connectivity index (χ1) is 12.8. The van der Waals surface area contributed by atoms with E-state index in [1.54, 1.807) is 0 Å². The van der Waals surface area contributed by atoms with E-state index >= 15 is 0 Å². The highest BCUT2D eigenvalue weighted by Crippen LogP contribution is 2.66. The minimum absolute atomic E-state index is 0.340. The molecule has 10 atom stereocenters. The molecule has 1 heterocycles. The first kappa shape index (κ1) is 18.8. The van der Waals surface area contributed by atoms with Crippen LogP contribution in [0.4, 0.5) is 13.2 Å². The van der Waals surface area contributed by atoms with Gasteiger partial charge in [0, 0.05) is 0 Å². The lowest BCUT2D eigenvalue weighted by Gasteiger charge is -2.57. The molecule has 0 aromatic heterocycles. The lowest BCUT2D eigenvalue weighted by atomic mass is 9.48. The third-order valence-electron chi connectivity index (χ3n) is 10.1. The molecule has 5 fully saturated rings. The topological polar surface area (TPSA) is 12.5 Å². The molecule has 0 bridgehead atoms. The number of ether oxygens (including phenoxy) is 1. The zero-order valence-corrected chi connectivity index (χ0v) is 16.8. The van der Waals surface area contributed by atoms with E-state index in [0.717, 1.165) is 37.2 Å². The highest BCUT2D eigenvalue weighted by molar-refractivity contribution is 5.08. The van der Waals surface area contributed by atoms with Crippen molar-refractivity contribution in [3.05, 3.63) is 0 Å². The van der Waals surface area contributed by atoms with Crippen molar-refractivity contribution < 1.29 is 17.9 Å². The zero-order valence-electron chi connectivity index (χ0n) is 16.8. The number of halogens is 3. The van der Waals surface area contributed by atoms with Gasteiger partial charge >= 0.3 is 6.18 Å². The van der Waals surface area contributed by atoms with Crippen LogP contribution in [0.2, 0.25) is 0 Å². The van der Waals surface area contributed by atoms with Crippen LogP contribution in [-0.2, 0) is 4.74 Å². The van der Waals surface area contributed by atoms with Gasteiger partial charge in [-0.3, -0.25) is 0 Å². The van der Waals surface area contributed by atoms with E-state index in [4.69, 9.17) is 4.74 Å². The van der Waals surface area contributed by atoms with Crippen molar-refractivity contribution >= 4 is 0 Å². The third kappa shape index (κ3) is 2.99. The van der Waals surface area contributed by atoms with Gasteiger partial charge in [0.15, 0.2) is 0 Å². The average molecular weight is 385 g/mol. The van der Waals surface area contributed by atoms with E-state index < -0.39 is 12.1 Å². The summed E-state index contributed by atoms with van der Waals surface area (Å²) < 4.78 is 45.3. The van der Waals surface area contributed by atoms with Crippen LogP contribution in [0.25, 0.3) is 0 Å². The molecule has 4 saturated carbocycles. The minimum atomic E-state index is -3.98. The van der Waals surface area contributed by atoms with Gasteiger partial charge in [-0.2, -0.15) is 13.2 Å². The number of hydrogen-bond acceptors (Lipinski definition) is 1. The molecule has 1 saturated heterocycles. The van der Waals surface area contributed by atoms with Crippen molar-refractivity contribution in [2.75, 3.05) is 6.61 Å². The number of alkyl halides is 3. The van der Waals surface area contributed by atoms with Crippen LogP contribution in [0.3, 0.4) is 0 Å². The first-order valence-electron chi connectivity index (χ1n) is 11.5. The second kappa shape index (κ2) is 6.37. The fourth-order valence-electron chi connectivity index (χ4n) is 8.67. The summed E-state index contributed by atoms with van der Waals surface area (Å²) in [4.78, 5) is 0. The van der Waals surface area contributed by atoms with E-state index in [1.807, 2.05) is 0 Å². The molecule has 1 aliphatic heterocycles. The third-order valence-corrected chi connectivity index (χ3v) is 10.1. The largest absolute Gasteiger partial charge is 0.391 e. The second-order valence-electron chi connectivity index (χ2n) is 10.9. The van der Waals surface area contributed by atoms with E-state index in [0.29, 0.717) is 48.0 Å². The molecule has 4 aliphatic carbocycles. The number of rotatable bonds is 2. The predicted molar refractivity (Wildman–Crippen MR) is 99.0 cm³/mol. The van der Waals surface area contributed by atoms with Gasteiger partial charge < -0.3 is 4.74 Å². The summed E-state index contributed by atoms with van der Waals surface area (Å²) in [6, 6.07) is 0. The monoisotopic (exact) mass is 384 g/mol. The summed E-state index contributed by atoms with van der Waals surface area (Å²) in [6.45, 7) is 5.91. The van der Waals surface area contributed by atoms with Crippen molar-refractivity contribution in [3.8, 4) is 0 Å². The lowest BCUT2D eigenvalue weighted by Crippen LogP contribution is -2.50. The Bertz CT molecular complexity index is 570.